The average Bonchev–Trinajstić information content (AvgIpc) is 3.19. The van der Waals surface area contributed by atoms with Crippen molar-refractivity contribution in [3.63, 3.8) is 0 Å². The third-order valence-corrected chi connectivity index (χ3v) is 8.45. The van der Waals surface area contributed by atoms with Gasteiger partial charge in [0.25, 0.3) is 0 Å². The molecule has 4 heteroatoms. The molecule has 2 saturated heterocycles. The fraction of sp³-hybridized carbons (Fsp3) is 0.889. The van der Waals surface area contributed by atoms with E-state index >= 15 is 0 Å². The van der Waals surface area contributed by atoms with Crippen LogP contribution in [-0.4, -0.2) is 51.0 Å². The molecule has 122 valence electrons. The summed E-state index contributed by atoms with van der Waals surface area (Å²) in [5, 5.41) is 11.7. The van der Waals surface area contributed by atoms with Crippen molar-refractivity contribution in [2.24, 2.45) is 0 Å². The van der Waals surface area contributed by atoms with Gasteiger partial charge in [-0.05, 0) is 56.7 Å². The molecule has 3 heterocycles. The zero-order valence-corrected chi connectivity index (χ0v) is 14.1. The molecule has 5 atom stereocenters. The lowest BCUT2D eigenvalue weighted by Gasteiger charge is -2.39. The number of aliphatic hydroxyl groups excluding tert-OH is 1. The zero-order valence-electron chi connectivity index (χ0n) is 13.2. The maximum atomic E-state index is 10.1. The van der Waals surface area contributed by atoms with Gasteiger partial charge in [-0.3, -0.25) is 4.90 Å². The van der Waals surface area contributed by atoms with E-state index < -0.39 is 6.29 Å². The first kappa shape index (κ1) is 14.3. The number of hydrogen-bond donors (Lipinski definition) is 1. The molecule has 0 aromatic rings. The predicted molar refractivity (Wildman–Crippen MR) is 88.9 cm³/mol. The summed E-state index contributed by atoms with van der Waals surface area (Å²) < 4.78 is 6.14. The van der Waals surface area contributed by atoms with Gasteiger partial charge in [-0.1, -0.05) is 19.3 Å². The highest BCUT2D eigenvalue weighted by atomic mass is 32.2. The van der Waals surface area contributed by atoms with Gasteiger partial charge in [0.15, 0.2) is 6.29 Å². The van der Waals surface area contributed by atoms with Crippen molar-refractivity contribution in [1.82, 2.24) is 4.90 Å². The Bertz CT molecular complexity index is 489. The van der Waals surface area contributed by atoms with Crippen molar-refractivity contribution in [2.45, 2.75) is 92.3 Å². The molecule has 0 aromatic carbocycles. The van der Waals surface area contributed by atoms with Crippen LogP contribution in [0.4, 0.5) is 0 Å². The van der Waals surface area contributed by atoms with E-state index in [4.69, 9.17) is 4.74 Å². The summed E-state index contributed by atoms with van der Waals surface area (Å²) in [5.41, 5.74) is 1.30. The highest BCUT2D eigenvalue weighted by molar-refractivity contribution is 8.00. The Hall–Kier alpha value is -0.0300. The molecule has 2 saturated carbocycles. The van der Waals surface area contributed by atoms with Crippen molar-refractivity contribution >= 4 is 11.8 Å². The van der Waals surface area contributed by atoms with Gasteiger partial charge in [0, 0.05) is 22.6 Å². The Labute approximate surface area is 137 Å². The molecule has 5 rings (SSSR count). The maximum absolute atomic E-state index is 10.1. The van der Waals surface area contributed by atoms with Crippen LogP contribution >= 0.6 is 11.8 Å². The molecule has 2 aliphatic carbocycles. The van der Waals surface area contributed by atoms with E-state index in [-0.39, 0.29) is 5.60 Å². The van der Waals surface area contributed by atoms with E-state index in [2.05, 4.69) is 16.7 Å². The minimum absolute atomic E-state index is 0.128. The molecular weight excluding hydrogens is 294 g/mol. The minimum Gasteiger partial charge on any atom is -0.365 e. The van der Waals surface area contributed by atoms with E-state index in [0.717, 1.165) is 23.3 Å². The van der Waals surface area contributed by atoms with Crippen LogP contribution in [0, 0.1) is 0 Å². The number of hydrogen-bond acceptors (Lipinski definition) is 4. The highest BCUT2D eigenvalue weighted by Gasteiger charge is 2.63. The third kappa shape index (κ3) is 2.00. The first-order valence-corrected chi connectivity index (χ1v) is 10.2. The summed E-state index contributed by atoms with van der Waals surface area (Å²) in [7, 11) is 0. The fourth-order valence-corrected chi connectivity index (χ4v) is 7.68. The summed E-state index contributed by atoms with van der Waals surface area (Å²) >= 11 is 2.27. The van der Waals surface area contributed by atoms with E-state index in [1.54, 1.807) is 0 Å². The first-order valence-electron chi connectivity index (χ1n) is 9.24. The van der Waals surface area contributed by atoms with E-state index in [9.17, 15) is 5.11 Å². The summed E-state index contributed by atoms with van der Waals surface area (Å²) in [5.74, 6) is 0. The Kier molecular flexibility index (Phi) is 3.41. The maximum Gasteiger partial charge on any atom is 0.175 e. The Morgan fingerprint density at radius 2 is 2.00 bits per heavy atom. The number of fused-ring (bicyclic) bond motifs is 3. The smallest absolute Gasteiger partial charge is 0.175 e. The topological polar surface area (TPSA) is 32.7 Å². The lowest BCUT2D eigenvalue weighted by Crippen LogP contribution is -2.48. The fourth-order valence-electron chi connectivity index (χ4n) is 5.87. The summed E-state index contributed by atoms with van der Waals surface area (Å²) in [4.78, 5) is 2.77. The molecule has 1 spiro atoms. The van der Waals surface area contributed by atoms with Crippen LogP contribution < -0.4 is 0 Å². The summed E-state index contributed by atoms with van der Waals surface area (Å²) in [6, 6.07) is 1.21. The Balaban J connectivity index is 1.46. The first-order chi connectivity index (χ1) is 10.8. The molecule has 3 nitrogen and oxygen atoms in total. The lowest BCUT2D eigenvalue weighted by atomic mass is 9.77. The van der Waals surface area contributed by atoms with Crippen molar-refractivity contribution < 1.29 is 9.84 Å². The van der Waals surface area contributed by atoms with Crippen LogP contribution in [0.3, 0.4) is 0 Å². The molecule has 4 fully saturated rings. The monoisotopic (exact) mass is 321 g/mol. The average molecular weight is 321 g/mol. The van der Waals surface area contributed by atoms with Crippen LogP contribution in [-0.2, 0) is 4.74 Å². The molecular formula is C18H27NO2S. The van der Waals surface area contributed by atoms with Gasteiger partial charge in [-0.2, -0.15) is 11.8 Å². The van der Waals surface area contributed by atoms with Crippen molar-refractivity contribution in [1.29, 1.82) is 0 Å². The normalized spacial score (nSPS) is 48.3. The van der Waals surface area contributed by atoms with Crippen molar-refractivity contribution in [3.8, 4) is 0 Å². The van der Waals surface area contributed by atoms with Gasteiger partial charge in [0.05, 0.1) is 0 Å². The van der Waals surface area contributed by atoms with Gasteiger partial charge < -0.3 is 9.84 Å². The van der Waals surface area contributed by atoms with E-state index in [1.165, 1.54) is 57.1 Å². The number of nitrogens with zero attached hydrogens (tertiary/aromatic N) is 1. The molecule has 1 N–H and O–H groups in total. The van der Waals surface area contributed by atoms with Crippen LogP contribution in [0.15, 0.2) is 11.6 Å². The SMILES string of the molecule is OC1C=C2CC(SC3CCCC3)[C@@H]3C[C@@]2(O1)[C@H]1CCCCN31. The van der Waals surface area contributed by atoms with Gasteiger partial charge in [0.1, 0.15) is 5.60 Å². The zero-order chi connectivity index (χ0) is 14.7. The molecule has 2 unspecified atom stereocenters. The van der Waals surface area contributed by atoms with Crippen LogP contribution in [0.25, 0.3) is 0 Å². The largest absolute Gasteiger partial charge is 0.365 e. The molecule has 22 heavy (non-hydrogen) atoms. The summed E-state index contributed by atoms with van der Waals surface area (Å²) in [6.07, 6.45) is 13.3. The third-order valence-electron chi connectivity index (χ3n) is 6.76. The summed E-state index contributed by atoms with van der Waals surface area (Å²) in [6.45, 7) is 1.24. The molecule has 0 amide bonds. The highest BCUT2D eigenvalue weighted by Crippen LogP contribution is 2.57. The number of piperidine rings is 1. The van der Waals surface area contributed by atoms with Crippen molar-refractivity contribution in [2.75, 3.05) is 6.54 Å². The molecule has 5 aliphatic rings. The minimum atomic E-state index is -0.659. The molecule has 0 radical (unpaired) electrons. The molecule has 0 aromatic heterocycles. The van der Waals surface area contributed by atoms with E-state index in [0.29, 0.717) is 12.1 Å². The predicted octanol–water partition coefficient (Wildman–Crippen LogP) is 3.08. The van der Waals surface area contributed by atoms with Gasteiger partial charge in [0.2, 0.25) is 0 Å². The number of thioether (sulfide) groups is 1. The van der Waals surface area contributed by atoms with Crippen molar-refractivity contribution in [3.05, 3.63) is 11.6 Å². The molecule has 2 bridgehead atoms. The second kappa shape index (κ2) is 5.23. The van der Waals surface area contributed by atoms with Crippen LogP contribution in [0.1, 0.15) is 57.8 Å². The lowest BCUT2D eigenvalue weighted by molar-refractivity contribution is -0.139. The Morgan fingerprint density at radius 3 is 2.86 bits per heavy atom. The van der Waals surface area contributed by atoms with Gasteiger partial charge >= 0.3 is 0 Å². The number of ether oxygens (including phenoxy) is 1. The number of aliphatic hydroxyl groups is 1. The second-order valence-corrected chi connectivity index (χ2v) is 9.44. The molecule has 3 aliphatic heterocycles. The van der Waals surface area contributed by atoms with Crippen LogP contribution in [0.5, 0.6) is 0 Å². The second-order valence-electron chi connectivity index (χ2n) is 7.90. The van der Waals surface area contributed by atoms with Gasteiger partial charge in [-0.25, -0.2) is 0 Å². The van der Waals surface area contributed by atoms with Crippen LogP contribution in [0.2, 0.25) is 0 Å². The van der Waals surface area contributed by atoms with E-state index in [1.807, 2.05) is 6.08 Å². The Morgan fingerprint density at radius 1 is 1.18 bits per heavy atom. The number of rotatable bonds is 2. The standard InChI is InChI=1S/C18H27NO2S/c20-17-10-12-9-15(22-13-5-1-2-6-13)14-11-18(12,21-17)16-7-3-4-8-19(14)16/h10,13-17,20H,1-9,11H2/t14-,15?,16+,17?,18-/m0/s1. The quantitative estimate of drug-likeness (QED) is 0.792. The van der Waals surface area contributed by atoms with Gasteiger partial charge in [-0.15, -0.1) is 0 Å².